The predicted octanol–water partition coefficient (Wildman–Crippen LogP) is -4.63. The van der Waals surface area contributed by atoms with Crippen LogP contribution in [0.4, 0.5) is 0 Å². The van der Waals surface area contributed by atoms with Gasteiger partial charge in [-0.25, -0.2) is 0 Å². The molecule has 0 amide bonds. The van der Waals surface area contributed by atoms with Crippen molar-refractivity contribution in [2.75, 3.05) is 113 Å². The molecule has 0 bridgehead atoms. The van der Waals surface area contributed by atoms with Crippen LogP contribution in [0.5, 0.6) is 0 Å². The highest BCUT2D eigenvalue weighted by Gasteiger charge is 1.89. The third-order valence-electron chi connectivity index (χ3n) is 0.711. The van der Waals surface area contributed by atoms with Crippen LogP contribution in [0.25, 0.3) is 0 Å². The standard InChI is InChI=1S/4C4H12N.2C4H4O4/c4*1-5(2,3)4;2*5-3(6)1-2-4(7)8/h4*1-4H3;2*1-2H,(H,5,6)(H,7,8)/q4*+1;;/p-4/b;;;;2*2-1+. The summed E-state index contributed by atoms with van der Waals surface area (Å²) < 4.78 is 4.00. The molecule has 0 aliphatic rings. The number of aliphatic carboxylic acids is 4. The number of carbonyl (C=O) groups excluding carboxylic acids is 4. The first-order chi connectivity index (χ1) is 15.3. The molecule has 0 aromatic carbocycles. The summed E-state index contributed by atoms with van der Waals surface area (Å²) in [5.74, 6) is -6.19. The number of carboxylic acid groups (broad SMARTS) is 4. The smallest absolute Gasteiger partial charge is 0.0675 e. The van der Waals surface area contributed by atoms with Crippen molar-refractivity contribution in [1.82, 2.24) is 0 Å². The van der Waals surface area contributed by atoms with E-state index in [-0.39, 0.29) is 0 Å². The summed E-state index contributed by atoms with van der Waals surface area (Å²) in [6.07, 6.45) is 1.54. The first-order valence-electron chi connectivity index (χ1n) is 10.6. The Morgan fingerprint density at radius 3 is 0.417 bits per heavy atom. The average molecular weight is 525 g/mol. The Morgan fingerprint density at radius 1 is 0.333 bits per heavy atom. The van der Waals surface area contributed by atoms with Crippen LogP contribution in [-0.2, 0) is 19.2 Å². The van der Waals surface area contributed by atoms with Crippen molar-refractivity contribution in [3.8, 4) is 0 Å². The molecule has 0 spiro atoms. The van der Waals surface area contributed by atoms with Gasteiger partial charge in [0.05, 0.1) is 137 Å². The van der Waals surface area contributed by atoms with E-state index in [1.54, 1.807) is 0 Å². The lowest BCUT2D eigenvalue weighted by Crippen LogP contribution is -2.27. The van der Waals surface area contributed by atoms with Crippen molar-refractivity contribution in [3.05, 3.63) is 24.3 Å². The van der Waals surface area contributed by atoms with Crippen molar-refractivity contribution in [2.24, 2.45) is 0 Å². The summed E-state index contributed by atoms with van der Waals surface area (Å²) >= 11 is 0. The van der Waals surface area contributed by atoms with E-state index in [4.69, 9.17) is 0 Å². The largest absolute Gasteiger partial charge is 0.545 e. The maximum Gasteiger partial charge on any atom is 0.0675 e. The van der Waals surface area contributed by atoms with Gasteiger partial charge in [0.1, 0.15) is 0 Å². The Bertz CT molecular complexity index is 524. The van der Waals surface area contributed by atoms with Crippen molar-refractivity contribution in [3.63, 3.8) is 0 Å². The van der Waals surface area contributed by atoms with Gasteiger partial charge in [-0.15, -0.1) is 0 Å². The molecule has 0 saturated carbocycles. The quantitative estimate of drug-likeness (QED) is 0.262. The van der Waals surface area contributed by atoms with E-state index in [9.17, 15) is 39.6 Å². The summed E-state index contributed by atoms with van der Waals surface area (Å²) in [6, 6.07) is 0. The fourth-order valence-corrected chi connectivity index (χ4v) is 0.272. The Labute approximate surface area is 218 Å². The highest BCUT2D eigenvalue weighted by molar-refractivity contribution is 5.88. The molecule has 0 aliphatic heterocycles. The summed E-state index contributed by atoms with van der Waals surface area (Å²) in [5, 5.41) is 37.7. The van der Waals surface area contributed by atoms with Crippen molar-refractivity contribution in [1.29, 1.82) is 0 Å². The zero-order chi connectivity index (χ0) is 31.1. The van der Waals surface area contributed by atoms with Crippen LogP contribution in [-0.4, -0.2) is 155 Å². The molecule has 0 aliphatic carbocycles. The monoisotopic (exact) mass is 524 g/mol. The van der Waals surface area contributed by atoms with Crippen LogP contribution >= 0.6 is 0 Å². The zero-order valence-electron chi connectivity index (χ0n) is 25.4. The van der Waals surface area contributed by atoms with Crippen molar-refractivity contribution < 1.29 is 57.5 Å². The molecule has 12 nitrogen and oxygen atoms in total. The topological polar surface area (TPSA) is 161 Å². The predicted molar refractivity (Wildman–Crippen MR) is 134 cm³/mol. The molecule has 0 N–H and O–H groups in total. The molecule has 0 unspecified atom stereocenters. The normalized spacial score (nSPS) is 10.9. The molecule has 0 atom stereocenters. The SMILES string of the molecule is C[N+](C)(C)C.C[N+](C)(C)C.C[N+](C)(C)C.C[N+](C)(C)C.O=C([O-])/C=C/C(=O)[O-].O=C([O-])/C=C/C(=O)[O-]. The molecule has 36 heavy (non-hydrogen) atoms. The lowest BCUT2D eigenvalue weighted by Gasteiger charge is -2.14. The first-order valence-corrected chi connectivity index (χ1v) is 10.6. The highest BCUT2D eigenvalue weighted by atomic mass is 16.4. The van der Waals surface area contributed by atoms with Crippen LogP contribution < -0.4 is 20.4 Å². The van der Waals surface area contributed by atoms with Gasteiger partial charge < -0.3 is 57.5 Å². The van der Waals surface area contributed by atoms with E-state index < -0.39 is 23.9 Å². The molecular formula is C24H52N4O8. The number of hydrogen-bond acceptors (Lipinski definition) is 8. The number of carboxylic acids is 4. The second-order valence-electron chi connectivity index (χ2n) is 12.7. The van der Waals surface area contributed by atoms with E-state index in [1.807, 2.05) is 0 Å². The van der Waals surface area contributed by atoms with Gasteiger partial charge in [-0.3, -0.25) is 0 Å². The van der Waals surface area contributed by atoms with Crippen LogP contribution in [0.15, 0.2) is 24.3 Å². The number of nitrogens with zero attached hydrogens (tertiary/aromatic N) is 4. The fourth-order valence-electron chi connectivity index (χ4n) is 0.272. The van der Waals surface area contributed by atoms with Crippen molar-refractivity contribution >= 4 is 23.9 Å². The minimum absolute atomic E-state index is 0.384. The van der Waals surface area contributed by atoms with Crippen LogP contribution in [0.3, 0.4) is 0 Å². The van der Waals surface area contributed by atoms with E-state index >= 15 is 0 Å². The van der Waals surface area contributed by atoms with Gasteiger partial charge in [0.25, 0.3) is 0 Å². The molecule has 0 saturated heterocycles. The van der Waals surface area contributed by atoms with E-state index in [0.717, 1.165) is 17.9 Å². The molecule has 0 aromatic heterocycles. The van der Waals surface area contributed by atoms with Gasteiger partial charge in [0.2, 0.25) is 0 Å². The Hall–Kier alpha value is -2.80. The number of hydrogen-bond donors (Lipinski definition) is 0. The Kier molecular flexibility index (Phi) is 29.3. The van der Waals surface area contributed by atoms with Gasteiger partial charge in [-0.1, -0.05) is 0 Å². The molecule has 0 radical (unpaired) electrons. The van der Waals surface area contributed by atoms with Gasteiger partial charge in [0, 0.05) is 0 Å². The minimum Gasteiger partial charge on any atom is -0.545 e. The third-order valence-corrected chi connectivity index (χ3v) is 0.711. The maximum atomic E-state index is 9.41. The van der Waals surface area contributed by atoms with Gasteiger partial charge in [0.15, 0.2) is 0 Å². The molecule has 0 aromatic rings. The van der Waals surface area contributed by atoms with E-state index in [2.05, 4.69) is 113 Å². The van der Waals surface area contributed by atoms with Crippen molar-refractivity contribution in [2.45, 2.75) is 0 Å². The first kappa shape index (κ1) is 46.5. The molecule has 216 valence electrons. The average Bonchev–Trinajstić information content (AvgIpc) is 2.45. The molecule has 0 rings (SSSR count). The Morgan fingerprint density at radius 2 is 0.389 bits per heavy atom. The molecular weight excluding hydrogens is 472 g/mol. The highest BCUT2D eigenvalue weighted by Crippen LogP contribution is 1.75. The minimum atomic E-state index is -1.55. The zero-order valence-corrected chi connectivity index (χ0v) is 25.4. The second-order valence-corrected chi connectivity index (χ2v) is 12.7. The lowest BCUT2D eigenvalue weighted by atomic mass is 10.5. The third kappa shape index (κ3) is 549. The van der Waals surface area contributed by atoms with E-state index in [1.165, 1.54) is 0 Å². The number of carbonyl (C=O) groups is 4. The van der Waals surface area contributed by atoms with Crippen LogP contribution in [0.2, 0.25) is 0 Å². The van der Waals surface area contributed by atoms with Crippen LogP contribution in [0.1, 0.15) is 0 Å². The molecule has 0 heterocycles. The van der Waals surface area contributed by atoms with Gasteiger partial charge in [-0.2, -0.15) is 0 Å². The van der Waals surface area contributed by atoms with Gasteiger partial charge >= 0.3 is 0 Å². The number of quaternary nitrogens is 4. The Balaban J connectivity index is -0.0000000762. The second kappa shape index (κ2) is 22.7. The van der Waals surface area contributed by atoms with E-state index in [0.29, 0.717) is 24.3 Å². The summed E-state index contributed by atoms with van der Waals surface area (Å²) in [7, 11) is 34.0. The summed E-state index contributed by atoms with van der Waals surface area (Å²) in [5.41, 5.74) is 0. The lowest BCUT2D eigenvalue weighted by molar-refractivity contribution is -0.849. The fraction of sp³-hybridized carbons (Fsp3) is 0.667. The molecule has 0 fully saturated rings. The molecule has 12 heteroatoms. The number of rotatable bonds is 4. The summed E-state index contributed by atoms with van der Waals surface area (Å²) in [4.78, 5) is 37.7. The maximum absolute atomic E-state index is 9.41. The summed E-state index contributed by atoms with van der Waals surface area (Å²) in [6.45, 7) is 0. The van der Waals surface area contributed by atoms with Gasteiger partial charge in [-0.05, 0) is 24.3 Å². The van der Waals surface area contributed by atoms with Crippen LogP contribution in [0, 0.1) is 0 Å².